The Morgan fingerprint density at radius 1 is 1.09 bits per heavy atom. The Morgan fingerprint density at radius 2 is 1.73 bits per heavy atom. The highest BCUT2D eigenvalue weighted by Crippen LogP contribution is 2.22. The lowest BCUT2D eigenvalue weighted by molar-refractivity contribution is 0.281. The third-order valence-corrected chi connectivity index (χ3v) is 3.81. The lowest BCUT2D eigenvalue weighted by Crippen LogP contribution is -2.10. The number of rotatable bonds is 6. The van der Waals surface area contributed by atoms with Gasteiger partial charge in [-0.15, -0.1) is 0 Å². The number of hydrogen-bond acceptors (Lipinski definition) is 4. The molecule has 0 saturated carbocycles. The van der Waals surface area contributed by atoms with E-state index in [0.29, 0.717) is 5.69 Å². The van der Waals surface area contributed by atoms with Gasteiger partial charge in [0.1, 0.15) is 0 Å². The van der Waals surface area contributed by atoms with Crippen molar-refractivity contribution in [2.75, 3.05) is 16.3 Å². The van der Waals surface area contributed by atoms with Crippen LogP contribution in [-0.2, 0) is 16.6 Å². The quantitative estimate of drug-likeness (QED) is 0.765. The van der Waals surface area contributed by atoms with Gasteiger partial charge in [0.15, 0.2) is 0 Å². The molecule has 0 heterocycles. The van der Waals surface area contributed by atoms with E-state index in [1.807, 2.05) is 43.3 Å². The smallest absolute Gasteiger partial charge is 0.229 e. The fraction of sp³-hybridized carbons (Fsp3) is 0.250. The van der Waals surface area contributed by atoms with Crippen LogP contribution in [0.4, 0.5) is 11.4 Å². The second-order valence-corrected chi connectivity index (χ2v) is 6.97. The summed E-state index contributed by atoms with van der Waals surface area (Å²) in [6, 6.07) is 14.9. The van der Waals surface area contributed by atoms with Crippen molar-refractivity contribution >= 4 is 21.4 Å². The largest absolute Gasteiger partial charge is 0.392 e. The van der Waals surface area contributed by atoms with E-state index in [9.17, 15) is 13.5 Å². The Kier molecular flexibility index (Phi) is 5.05. The Hall–Kier alpha value is -2.05. The number of benzene rings is 2. The predicted octanol–water partition coefficient (Wildman–Crippen LogP) is 2.72. The predicted molar refractivity (Wildman–Crippen MR) is 89.3 cm³/mol. The highest BCUT2D eigenvalue weighted by Gasteiger charge is 2.07. The Bertz CT molecular complexity index is 727. The summed E-state index contributed by atoms with van der Waals surface area (Å²) in [5.74, 6) is 0. The van der Waals surface area contributed by atoms with Crippen molar-refractivity contribution in [3.63, 3.8) is 0 Å². The van der Waals surface area contributed by atoms with E-state index in [1.54, 1.807) is 12.1 Å². The van der Waals surface area contributed by atoms with Gasteiger partial charge in [0.2, 0.25) is 10.0 Å². The average molecular weight is 320 g/mol. The van der Waals surface area contributed by atoms with Crippen molar-refractivity contribution in [2.24, 2.45) is 0 Å². The molecule has 0 aliphatic heterocycles. The summed E-state index contributed by atoms with van der Waals surface area (Å²) in [7, 11) is -3.26. The SMILES string of the molecule is CC(Nc1ccc(NS(C)(=O)=O)cc1)c1cccc(CO)c1. The summed E-state index contributed by atoms with van der Waals surface area (Å²) in [6.45, 7) is 2.05. The molecule has 0 fully saturated rings. The molecule has 0 aliphatic rings. The number of hydrogen-bond donors (Lipinski definition) is 3. The number of sulfonamides is 1. The summed E-state index contributed by atoms with van der Waals surface area (Å²) >= 11 is 0. The van der Waals surface area contributed by atoms with E-state index in [0.717, 1.165) is 23.1 Å². The van der Waals surface area contributed by atoms with Gasteiger partial charge in [-0.2, -0.15) is 0 Å². The van der Waals surface area contributed by atoms with Crippen molar-refractivity contribution in [3.8, 4) is 0 Å². The fourth-order valence-electron chi connectivity index (χ4n) is 2.14. The second kappa shape index (κ2) is 6.81. The van der Waals surface area contributed by atoms with Gasteiger partial charge < -0.3 is 10.4 Å². The van der Waals surface area contributed by atoms with E-state index < -0.39 is 10.0 Å². The molecule has 6 heteroatoms. The topological polar surface area (TPSA) is 78.4 Å². The van der Waals surface area contributed by atoms with E-state index >= 15 is 0 Å². The van der Waals surface area contributed by atoms with Crippen LogP contribution in [0.5, 0.6) is 0 Å². The summed E-state index contributed by atoms with van der Waals surface area (Å²) in [6.07, 6.45) is 1.12. The van der Waals surface area contributed by atoms with Gasteiger partial charge in [0.05, 0.1) is 12.9 Å². The van der Waals surface area contributed by atoms with Crippen LogP contribution >= 0.6 is 0 Å². The summed E-state index contributed by atoms with van der Waals surface area (Å²) < 4.78 is 24.7. The molecule has 1 unspecified atom stereocenters. The Labute approximate surface area is 131 Å². The van der Waals surface area contributed by atoms with Gasteiger partial charge in [0, 0.05) is 17.4 Å². The van der Waals surface area contributed by atoms with Crippen molar-refractivity contribution in [1.29, 1.82) is 0 Å². The minimum atomic E-state index is -3.26. The van der Waals surface area contributed by atoms with Crippen molar-refractivity contribution in [2.45, 2.75) is 19.6 Å². The van der Waals surface area contributed by atoms with Crippen LogP contribution in [0, 0.1) is 0 Å². The number of anilines is 2. The molecule has 2 rings (SSSR count). The standard InChI is InChI=1S/C16H20N2O3S/c1-12(14-5-3-4-13(10-14)11-19)17-15-6-8-16(9-7-15)18-22(2,20)21/h3-10,12,17-19H,11H2,1-2H3. The lowest BCUT2D eigenvalue weighted by Gasteiger charge is -2.17. The van der Waals surface area contributed by atoms with E-state index in [-0.39, 0.29) is 12.6 Å². The maximum Gasteiger partial charge on any atom is 0.229 e. The molecule has 0 amide bonds. The van der Waals surface area contributed by atoms with Crippen molar-refractivity contribution < 1.29 is 13.5 Å². The minimum absolute atomic E-state index is 0.0203. The molecule has 0 saturated heterocycles. The molecule has 0 bridgehead atoms. The van der Waals surface area contributed by atoms with Gasteiger partial charge in [-0.05, 0) is 42.3 Å². The molecule has 22 heavy (non-hydrogen) atoms. The molecule has 5 nitrogen and oxygen atoms in total. The average Bonchev–Trinajstić information content (AvgIpc) is 2.48. The molecule has 0 radical (unpaired) electrons. The molecule has 2 aromatic rings. The summed E-state index contributed by atoms with van der Waals surface area (Å²) in [4.78, 5) is 0. The van der Waals surface area contributed by atoms with Crippen LogP contribution in [0.2, 0.25) is 0 Å². The maximum absolute atomic E-state index is 11.2. The molecule has 0 aliphatic carbocycles. The molecule has 1 atom stereocenters. The number of aliphatic hydroxyl groups excluding tert-OH is 1. The zero-order valence-electron chi connectivity index (χ0n) is 12.6. The molecule has 0 spiro atoms. The summed E-state index contributed by atoms with van der Waals surface area (Å²) in [5.41, 5.74) is 3.37. The monoisotopic (exact) mass is 320 g/mol. The van der Waals surface area contributed by atoms with Crippen LogP contribution in [0.3, 0.4) is 0 Å². The molecular formula is C16H20N2O3S. The van der Waals surface area contributed by atoms with Crippen molar-refractivity contribution in [3.05, 3.63) is 59.7 Å². The van der Waals surface area contributed by atoms with Crippen molar-refractivity contribution in [1.82, 2.24) is 0 Å². The number of aliphatic hydroxyl groups is 1. The third-order valence-electron chi connectivity index (χ3n) is 3.20. The van der Waals surface area contributed by atoms with E-state index in [4.69, 9.17) is 0 Å². The van der Waals surface area contributed by atoms with Gasteiger partial charge in [-0.3, -0.25) is 4.72 Å². The minimum Gasteiger partial charge on any atom is -0.392 e. The first-order chi connectivity index (χ1) is 10.4. The fourth-order valence-corrected chi connectivity index (χ4v) is 2.71. The van der Waals surface area contributed by atoms with Crippen LogP contribution in [0.15, 0.2) is 48.5 Å². The Morgan fingerprint density at radius 3 is 2.32 bits per heavy atom. The van der Waals surface area contributed by atoms with E-state index in [1.165, 1.54) is 0 Å². The van der Waals surface area contributed by atoms with Gasteiger partial charge in [0.25, 0.3) is 0 Å². The van der Waals surface area contributed by atoms with Gasteiger partial charge >= 0.3 is 0 Å². The normalized spacial score (nSPS) is 12.7. The molecule has 2 aromatic carbocycles. The number of nitrogens with one attached hydrogen (secondary N) is 2. The van der Waals surface area contributed by atoms with Gasteiger partial charge in [-0.1, -0.05) is 24.3 Å². The zero-order chi connectivity index (χ0) is 16.2. The highest BCUT2D eigenvalue weighted by atomic mass is 32.2. The first-order valence-corrected chi connectivity index (χ1v) is 8.80. The molecule has 118 valence electrons. The van der Waals surface area contributed by atoms with Crippen LogP contribution in [-0.4, -0.2) is 19.8 Å². The highest BCUT2D eigenvalue weighted by molar-refractivity contribution is 7.92. The van der Waals surface area contributed by atoms with Gasteiger partial charge in [-0.25, -0.2) is 8.42 Å². The van der Waals surface area contributed by atoms with E-state index in [2.05, 4.69) is 10.0 Å². The Balaban J connectivity index is 2.06. The van der Waals surface area contributed by atoms with Crippen LogP contribution in [0.25, 0.3) is 0 Å². The maximum atomic E-state index is 11.2. The lowest BCUT2D eigenvalue weighted by atomic mass is 10.1. The first kappa shape index (κ1) is 16.3. The molecule has 3 N–H and O–H groups in total. The first-order valence-electron chi connectivity index (χ1n) is 6.91. The van der Waals surface area contributed by atoms with Crippen LogP contribution in [0.1, 0.15) is 24.1 Å². The third kappa shape index (κ3) is 4.75. The molecular weight excluding hydrogens is 300 g/mol. The summed E-state index contributed by atoms with van der Waals surface area (Å²) in [5, 5.41) is 12.5. The zero-order valence-corrected chi connectivity index (χ0v) is 13.4. The second-order valence-electron chi connectivity index (χ2n) is 5.22. The van der Waals surface area contributed by atoms with Crippen LogP contribution < -0.4 is 10.0 Å². The molecule has 0 aromatic heterocycles.